The Kier molecular flexibility index (Phi) is 8.59. The highest BCUT2D eigenvalue weighted by Gasteiger charge is 2.53. The molecule has 2 heterocycles. The highest BCUT2D eigenvalue weighted by atomic mass is 35.5. The fourth-order valence-electron chi connectivity index (χ4n) is 4.82. The molecule has 1 aliphatic rings. The van der Waals surface area contributed by atoms with Gasteiger partial charge in [-0.2, -0.15) is 0 Å². The Morgan fingerprint density at radius 1 is 1.19 bits per heavy atom. The molecule has 190 valence electrons. The van der Waals surface area contributed by atoms with Crippen LogP contribution in [-0.2, 0) is 16.1 Å². The van der Waals surface area contributed by atoms with Gasteiger partial charge >= 0.3 is 0 Å². The molecule has 3 aromatic rings. The Bertz CT molecular complexity index is 1260. The van der Waals surface area contributed by atoms with E-state index in [1.54, 1.807) is 33.5 Å². The van der Waals surface area contributed by atoms with Crippen molar-refractivity contribution >= 4 is 62.7 Å². The zero-order chi connectivity index (χ0) is 25.7. The number of thiophene rings is 1. The molecule has 0 spiro atoms. The first kappa shape index (κ1) is 26.5. The van der Waals surface area contributed by atoms with Crippen LogP contribution in [0.4, 0.5) is 0 Å². The summed E-state index contributed by atoms with van der Waals surface area (Å²) < 4.78 is 3.78. The van der Waals surface area contributed by atoms with Crippen LogP contribution in [0.1, 0.15) is 48.5 Å². The first-order valence-electron chi connectivity index (χ1n) is 12.0. The van der Waals surface area contributed by atoms with Gasteiger partial charge in [0, 0.05) is 52.8 Å². The van der Waals surface area contributed by atoms with Gasteiger partial charge in [0.15, 0.2) is 0 Å². The van der Waals surface area contributed by atoms with Crippen molar-refractivity contribution < 1.29 is 14.4 Å². The van der Waals surface area contributed by atoms with Crippen LogP contribution in [0.5, 0.6) is 0 Å². The normalized spacial score (nSPS) is 17.0. The van der Waals surface area contributed by atoms with Gasteiger partial charge in [-0.15, -0.1) is 11.3 Å². The van der Waals surface area contributed by atoms with Gasteiger partial charge in [-0.1, -0.05) is 60.8 Å². The molecular formula is C27H30ClN3O3S2. The second kappa shape index (κ2) is 11.7. The molecular weight excluding hydrogens is 514 g/mol. The summed E-state index contributed by atoms with van der Waals surface area (Å²) in [6.45, 7) is 3.29. The monoisotopic (exact) mass is 543 g/mol. The van der Waals surface area contributed by atoms with E-state index in [9.17, 15) is 14.4 Å². The largest absolute Gasteiger partial charge is 0.336 e. The first-order valence-corrected chi connectivity index (χ1v) is 14.5. The van der Waals surface area contributed by atoms with Gasteiger partial charge in [0.1, 0.15) is 5.54 Å². The van der Waals surface area contributed by atoms with Crippen molar-refractivity contribution in [2.24, 2.45) is 0 Å². The lowest BCUT2D eigenvalue weighted by Gasteiger charge is -2.52. The highest BCUT2D eigenvalue weighted by molar-refractivity contribution is 7.97. The molecule has 4 rings (SSSR count). The average molecular weight is 544 g/mol. The molecule has 36 heavy (non-hydrogen) atoms. The minimum Gasteiger partial charge on any atom is -0.336 e. The number of benzene rings is 2. The van der Waals surface area contributed by atoms with Crippen LogP contribution in [0.3, 0.4) is 0 Å². The minimum atomic E-state index is -0.889. The number of nitrogens with zero attached hydrogens (tertiary/aromatic N) is 2. The fraction of sp³-hybridized carbons (Fsp3) is 0.370. The van der Waals surface area contributed by atoms with Crippen LogP contribution in [0.25, 0.3) is 10.1 Å². The van der Waals surface area contributed by atoms with Gasteiger partial charge in [-0.05, 0) is 43.0 Å². The maximum atomic E-state index is 14.1. The van der Waals surface area contributed by atoms with E-state index >= 15 is 0 Å². The van der Waals surface area contributed by atoms with Gasteiger partial charge in [-0.25, -0.2) is 0 Å². The Morgan fingerprint density at radius 2 is 2.00 bits per heavy atom. The topological polar surface area (TPSA) is 69.7 Å². The van der Waals surface area contributed by atoms with E-state index in [0.29, 0.717) is 55.9 Å². The summed E-state index contributed by atoms with van der Waals surface area (Å²) in [5.41, 5.74) is 0.674. The molecule has 1 fully saturated rings. The van der Waals surface area contributed by atoms with Crippen molar-refractivity contribution in [3.8, 4) is 0 Å². The number of fused-ring (bicyclic) bond motifs is 1. The molecule has 1 unspecified atom stereocenters. The standard InChI is InChI=1S/C27H30ClN3O3S2/c1-3-27(13-15-31(27)25(33)22-18-36-23-11-5-4-10-21(22)23)26(34)30(14-7-12-24(32)29-35-2)17-19-8-6-9-20(28)16-19/h4-6,8-11,16,18H,3,7,12-15,17H2,1-2H3,(H,29,32). The third kappa shape index (κ3) is 5.41. The molecule has 9 heteroatoms. The lowest BCUT2D eigenvalue weighted by molar-refractivity contribution is -0.152. The molecule has 6 nitrogen and oxygen atoms in total. The van der Waals surface area contributed by atoms with E-state index in [0.717, 1.165) is 15.6 Å². The van der Waals surface area contributed by atoms with Crippen molar-refractivity contribution in [3.05, 3.63) is 70.1 Å². The number of rotatable bonds is 10. The summed E-state index contributed by atoms with van der Waals surface area (Å²) in [6, 6.07) is 15.3. The van der Waals surface area contributed by atoms with E-state index in [4.69, 9.17) is 11.6 Å². The van der Waals surface area contributed by atoms with Crippen molar-refractivity contribution in [3.63, 3.8) is 0 Å². The number of carbonyl (C=O) groups is 3. The van der Waals surface area contributed by atoms with Gasteiger partial charge in [0.25, 0.3) is 5.91 Å². The second-order valence-electron chi connectivity index (χ2n) is 8.93. The number of likely N-dealkylation sites (tertiary alicyclic amines) is 1. The summed E-state index contributed by atoms with van der Waals surface area (Å²) in [5, 5.41) is 3.42. The Labute approximate surface area is 225 Å². The van der Waals surface area contributed by atoms with Crippen LogP contribution in [0.15, 0.2) is 53.9 Å². The molecule has 0 aliphatic carbocycles. The van der Waals surface area contributed by atoms with E-state index in [1.807, 2.05) is 54.8 Å². The predicted molar refractivity (Wildman–Crippen MR) is 148 cm³/mol. The van der Waals surface area contributed by atoms with Crippen molar-refractivity contribution in [2.75, 3.05) is 19.3 Å². The smallest absolute Gasteiger partial charge is 0.256 e. The Hall–Kier alpha value is -2.55. The molecule has 2 aromatic carbocycles. The maximum Gasteiger partial charge on any atom is 0.256 e. The molecule has 1 aromatic heterocycles. The van der Waals surface area contributed by atoms with Crippen molar-refractivity contribution in [2.45, 2.75) is 44.7 Å². The first-order chi connectivity index (χ1) is 17.4. The number of halogens is 1. The third-order valence-electron chi connectivity index (χ3n) is 6.80. The number of amides is 3. The lowest BCUT2D eigenvalue weighted by Crippen LogP contribution is -2.69. The van der Waals surface area contributed by atoms with Gasteiger partial charge in [-0.3, -0.25) is 14.4 Å². The summed E-state index contributed by atoms with van der Waals surface area (Å²) >= 11 is 9.01. The van der Waals surface area contributed by atoms with Crippen LogP contribution < -0.4 is 4.72 Å². The van der Waals surface area contributed by atoms with Crippen LogP contribution in [0.2, 0.25) is 5.02 Å². The van der Waals surface area contributed by atoms with Crippen LogP contribution >= 0.6 is 34.9 Å². The van der Waals surface area contributed by atoms with E-state index in [1.165, 1.54) is 11.9 Å². The number of carbonyl (C=O) groups excluding carboxylic acids is 3. The minimum absolute atomic E-state index is 0.0624. The number of hydrogen-bond donors (Lipinski definition) is 1. The van der Waals surface area contributed by atoms with E-state index in [2.05, 4.69) is 4.72 Å². The zero-order valence-electron chi connectivity index (χ0n) is 20.5. The van der Waals surface area contributed by atoms with Crippen molar-refractivity contribution in [1.29, 1.82) is 0 Å². The average Bonchev–Trinajstić information content (AvgIpc) is 3.28. The molecule has 1 aliphatic heterocycles. The van der Waals surface area contributed by atoms with E-state index in [-0.39, 0.29) is 17.7 Å². The second-order valence-corrected chi connectivity index (χ2v) is 10.9. The number of hydrogen-bond acceptors (Lipinski definition) is 5. The number of nitrogens with one attached hydrogen (secondary N) is 1. The molecule has 0 bridgehead atoms. The zero-order valence-corrected chi connectivity index (χ0v) is 22.8. The maximum absolute atomic E-state index is 14.1. The molecule has 3 amide bonds. The van der Waals surface area contributed by atoms with Gasteiger partial charge < -0.3 is 14.5 Å². The van der Waals surface area contributed by atoms with Gasteiger partial charge in [0.05, 0.1) is 5.56 Å². The third-order valence-corrected chi connectivity index (χ3v) is 8.43. The predicted octanol–water partition coefficient (Wildman–Crippen LogP) is 5.75. The molecule has 0 saturated carbocycles. The fourth-order valence-corrected chi connectivity index (χ4v) is 6.29. The lowest BCUT2D eigenvalue weighted by atomic mass is 9.79. The molecule has 1 N–H and O–H groups in total. The molecule has 1 atom stereocenters. The summed E-state index contributed by atoms with van der Waals surface area (Å²) in [7, 11) is 0. The highest BCUT2D eigenvalue weighted by Crippen LogP contribution is 2.39. The van der Waals surface area contributed by atoms with Crippen LogP contribution in [0, 0.1) is 0 Å². The van der Waals surface area contributed by atoms with Crippen LogP contribution in [-0.4, -0.2) is 52.4 Å². The van der Waals surface area contributed by atoms with E-state index < -0.39 is 5.54 Å². The van der Waals surface area contributed by atoms with Crippen molar-refractivity contribution in [1.82, 2.24) is 14.5 Å². The molecule has 1 saturated heterocycles. The van der Waals surface area contributed by atoms with Gasteiger partial charge in [0.2, 0.25) is 11.8 Å². The Morgan fingerprint density at radius 3 is 2.69 bits per heavy atom. The SMILES string of the molecule is CCC1(C(=O)N(CCCC(=O)NSC)Cc2cccc(Cl)c2)CCN1C(=O)c1csc2ccccc12. The molecule has 0 radical (unpaired) electrons. The Balaban J connectivity index is 1.58. The quantitative estimate of drug-likeness (QED) is 0.330. The summed E-state index contributed by atoms with van der Waals surface area (Å²) in [4.78, 5) is 43.3. The summed E-state index contributed by atoms with van der Waals surface area (Å²) in [5.74, 6) is -0.238. The summed E-state index contributed by atoms with van der Waals surface area (Å²) in [6.07, 6.45) is 3.80.